The molecule has 3 aromatic carbocycles. The molecule has 2 aliphatic rings. The first kappa shape index (κ1) is 22.3. The Morgan fingerprint density at radius 1 is 1.11 bits per heavy atom. The summed E-state index contributed by atoms with van der Waals surface area (Å²) in [6, 6.07) is 13.6. The van der Waals surface area contributed by atoms with Gasteiger partial charge in [0.1, 0.15) is 30.5 Å². The number of halogens is 2. The van der Waals surface area contributed by atoms with Crippen LogP contribution in [0.3, 0.4) is 0 Å². The van der Waals surface area contributed by atoms with E-state index < -0.39 is 17.7 Å². The molecule has 36 heavy (non-hydrogen) atoms. The van der Waals surface area contributed by atoms with Crippen molar-refractivity contribution in [3.63, 3.8) is 0 Å². The van der Waals surface area contributed by atoms with E-state index >= 15 is 0 Å². The van der Waals surface area contributed by atoms with Crippen molar-refractivity contribution in [2.75, 3.05) is 18.5 Å². The number of benzene rings is 3. The van der Waals surface area contributed by atoms with Gasteiger partial charge < -0.3 is 19.5 Å². The maximum Gasteiger partial charge on any atom is 0.303 e. The van der Waals surface area contributed by atoms with Crippen LogP contribution in [-0.4, -0.2) is 28.7 Å². The lowest BCUT2D eigenvalue weighted by Crippen LogP contribution is -2.12. The van der Waals surface area contributed by atoms with Crippen LogP contribution in [0.2, 0.25) is 0 Å². The Labute approximate surface area is 205 Å². The summed E-state index contributed by atoms with van der Waals surface area (Å²) in [6.07, 6.45) is 0.174. The fraction of sp³-hybridized carbons (Fsp3) is 0.259. The van der Waals surface area contributed by atoms with Gasteiger partial charge in [0.15, 0.2) is 17.7 Å². The van der Waals surface area contributed by atoms with Gasteiger partial charge in [-0.3, -0.25) is 9.36 Å². The third kappa shape index (κ3) is 3.62. The molecular formula is C27H23F2N3O4. The fourth-order valence-electron chi connectivity index (χ4n) is 4.92. The molecule has 1 N–H and O–H groups in total. The Morgan fingerprint density at radius 3 is 2.75 bits per heavy atom. The number of ether oxygens (including phenoxy) is 3. The Balaban J connectivity index is 1.33. The largest absolute Gasteiger partial charge is 0.489 e. The predicted molar refractivity (Wildman–Crippen MR) is 129 cm³/mol. The summed E-state index contributed by atoms with van der Waals surface area (Å²) in [5.41, 5.74) is 4.22. The highest BCUT2D eigenvalue weighted by molar-refractivity contribution is 5.80. The Bertz CT molecular complexity index is 1520. The molecule has 184 valence electrons. The van der Waals surface area contributed by atoms with Gasteiger partial charge >= 0.3 is 5.97 Å². The standard InChI is InChI=1S/C27H23F2N3O4/c1-3-26-31-20-10-18(28)19(29)11-23(20)32(26)22-6-4-5-16-21(12-35-27(16)22)30-15-7-8-17-24(9-15)34-13-25(17)36-14(2)33/h4-11,21,25,30H,3,12-13H2,1-2H3/t21-,25-/m1/s1. The average Bonchev–Trinajstić information content (AvgIpc) is 3.55. The van der Waals surface area contributed by atoms with E-state index in [0.717, 1.165) is 28.6 Å². The number of aromatic nitrogens is 2. The number of carbonyl (C=O) groups excluding carboxylic acids is 1. The summed E-state index contributed by atoms with van der Waals surface area (Å²) in [6.45, 7) is 4.00. The molecule has 0 spiro atoms. The molecule has 0 saturated carbocycles. The molecule has 0 amide bonds. The van der Waals surface area contributed by atoms with Crippen molar-refractivity contribution in [2.24, 2.45) is 0 Å². The molecule has 0 unspecified atom stereocenters. The van der Waals surface area contributed by atoms with Gasteiger partial charge in [0.2, 0.25) is 0 Å². The van der Waals surface area contributed by atoms with E-state index in [4.69, 9.17) is 14.2 Å². The van der Waals surface area contributed by atoms with Crippen LogP contribution in [0, 0.1) is 11.6 Å². The minimum absolute atomic E-state index is 0.141. The van der Waals surface area contributed by atoms with Crippen molar-refractivity contribution in [1.82, 2.24) is 9.55 Å². The maximum atomic E-state index is 14.1. The summed E-state index contributed by atoms with van der Waals surface area (Å²) in [5, 5.41) is 3.49. The first-order valence-corrected chi connectivity index (χ1v) is 11.8. The molecule has 2 atom stereocenters. The zero-order valence-electron chi connectivity index (χ0n) is 19.7. The summed E-state index contributed by atoms with van der Waals surface area (Å²) < 4.78 is 47.0. The minimum atomic E-state index is -0.925. The van der Waals surface area contributed by atoms with E-state index in [9.17, 15) is 13.6 Å². The third-order valence-corrected chi connectivity index (χ3v) is 6.52. The van der Waals surface area contributed by atoms with E-state index in [1.165, 1.54) is 13.0 Å². The van der Waals surface area contributed by atoms with Crippen molar-refractivity contribution >= 4 is 22.7 Å². The highest BCUT2D eigenvalue weighted by Crippen LogP contribution is 2.42. The van der Waals surface area contributed by atoms with Gasteiger partial charge in [0, 0.05) is 48.4 Å². The number of aryl methyl sites for hydroxylation is 1. The summed E-state index contributed by atoms with van der Waals surface area (Å²) in [4.78, 5) is 15.9. The quantitative estimate of drug-likeness (QED) is 0.377. The molecule has 2 aliphatic heterocycles. The highest BCUT2D eigenvalue weighted by Gasteiger charge is 2.30. The normalized spacial score (nSPS) is 17.9. The summed E-state index contributed by atoms with van der Waals surface area (Å²) >= 11 is 0. The van der Waals surface area contributed by atoms with Crippen LogP contribution in [-0.2, 0) is 16.0 Å². The van der Waals surface area contributed by atoms with Crippen molar-refractivity contribution in [3.05, 3.63) is 77.1 Å². The van der Waals surface area contributed by atoms with Crippen LogP contribution in [0.4, 0.5) is 14.5 Å². The summed E-state index contributed by atoms with van der Waals surface area (Å²) in [5.74, 6) is -0.174. The molecular weight excluding hydrogens is 468 g/mol. The number of hydrogen-bond acceptors (Lipinski definition) is 6. The topological polar surface area (TPSA) is 74.6 Å². The summed E-state index contributed by atoms with van der Waals surface area (Å²) in [7, 11) is 0. The number of rotatable bonds is 5. The second kappa shape index (κ2) is 8.51. The van der Waals surface area contributed by atoms with Gasteiger partial charge in [0.25, 0.3) is 0 Å². The SMILES string of the molecule is CCc1nc2cc(F)c(F)cc2n1-c1cccc2c1OC[C@H]2Nc1ccc2c(c1)OC[C@H]2OC(C)=O. The molecule has 7 nitrogen and oxygen atoms in total. The lowest BCUT2D eigenvalue weighted by molar-refractivity contribution is -0.147. The molecule has 0 bridgehead atoms. The van der Waals surface area contributed by atoms with E-state index in [-0.39, 0.29) is 12.0 Å². The van der Waals surface area contributed by atoms with Crippen LogP contribution in [0.15, 0.2) is 48.5 Å². The van der Waals surface area contributed by atoms with Crippen molar-refractivity contribution < 1.29 is 27.8 Å². The second-order valence-corrected chi connectivity index (χ2v) is 8.84. The number of nitrogens with zero attached hydrogens (tertiary/aromatic N) is 2. The number of fused-ring (bicyclic) bond motifs is 3. The lowest BCUT2D eigenvalue weighted by Gasteiger charge is -2.15. The van der Waals surface area contributed by atoms with Gasteiger partial charge in [-0.25, -0.2) is 13.8 Å². The number of imidazole rings is 1. The average molecular weight is 491 g/mol. The third-order valence-electron chi connectivity index (χ3n) is 6.52. The molecule has 0 aliphatic carbocycles. The van der Waals surface area contributed by atoms with Crippen LogP contribution in [0.1, 0.15) is 42.9 Å². The monoisotopic (exact) mass is 491 g/mol. The van der Waals surface area contributed by atoms with Crippen LogP contribution in [0.25, 0.3) is 16.7 Å². The molecule has 1 aromatic heterocycles. The Hall–Kier alpha value is -4.14. The number of hydrogen-bond donors (Lipinski definition) is 1. The second-order valence-electron chi connectivity index (χ2n) is 8.84. The molecule has 4 aromatic rings. The van der Waals surface area contributed by atoms with Crippen molar-refractivity contribution in [3.8, 4) is 17.2 Å². The predicted octanol–water partition coefficient (Wildman–Crippen LogP) is 5.41. The van der Waals surface area contributed by atoms with Crippen LogP contribution in [0.5, 0.6) is 11.5 Å². The zero-order chi connectivity index (χ0) is 25.0. The molecule has 0 saturated heterocycles. The number of anilines is 1. The molecule has 0 radical (unpaired) electrons. The smallest absolute Gasteiger partial charge is 0.303 e. The molecule has 9 heteroatoms. The van der Waals surface area contributed by atoms with Crippen molar-refractivity contribution in [1.29, 1.82) is 0 Å². The van der Waals surface area contributed by atoms with Gasteiger partial charge in [-0.2, -0.15) is 0 Å². The minimum Gasteiger partial charge on any atom is -0.489 e. The van der Waals surface area contributed by atoms with Gasteiger partial charge in [-0.1, -0.05) is 19.1 Å². The number of para-hydroxylation sites is 1. The van der Waals surface area contributed by atoms with Crippen molar-refractivity contribution in [2.45, 2.75) is 32.4 Å². The van der Waals surface area contributed by atoms with Crippen LogP contribution < -0.4 is 14.8 Å². The first-order chi connectivity index (χ1) is 17.4. The fourth-order valence-corrected chi connectivity index (χ4v) is 4.92. The number of carbonyl (C=O) groups is 1. The van der Waals surface area contributed by atoms with E-state index in [2.05, 4.69) is 10.3 Å². The van der Waals surface area contributed by atoms with E-state index in [1.807, 2.05) is 47.9 Å². The Morgan fingerprint density at radius 2 is 1.94 bits per heavy atom. The number of esters is 1. The first-order valence-electron chi connectivity index (χ1n) is 11.8. The zero-order valence-corrected chi connectivity index (χ0v) is 19.7. The van der Waals surface area contributed by atoms with Gasteiger partial charge in [-0.05, 0) is 18.2 Å². The number of nitrogens with one attached hydrogen (secondary N) is 1. The van der Waals surface area contributed by atoms with Gasteiger partial charge in [-0.15, -0.1) is 0 Å². The Kier molecular flexibility index (Phi) is 5.28. The maximum absolute atomic E-state index is 14.1. The van der Waals surface area contributed by atoms with E-state index in [0.29, 0.717) is 48.0 Å². The molecule has 6 rings (SSSR count). The van der Waals surface area contributed by atoms with Gasteiger partial charge in [0.05, 0.1) is 22.8 Å². The highest BCUT2D eigenvalue weighted by atomic mass is 19.2. The van der Waals surface area contributed by atoms with Crippen LogP contribution >= 0.6 is 0 Å². The molecule has 0 fully saturated rings. The molecule has 3 heterocycles. The van der Waals surface area contributed by atoms with E-state index in [1.54, 1.807) is 0 Å². The lowest BCUT2D eigenvalue weighted by atomic mass is 10.1.